The quantitative estimate of drug-likeness (QED) is 0.179. The summed E-state index contributed by atoms with van der Waals surface area (Å²) < 4.78 is 8.78. The van der Waals surface area contributed by atoms with E-state index in [4.69, 9.17) is 19.7 Å². The van der Waals surface area contributed by atoms with E-state index in [1.165, 1.54) is 36.7 Å². The zero-order valence-electron chi connectivity index (χ0n) is 28.9. The molecule has 0 radical (unpaired) electrons. The lowest BCUT2D eigenvalue weighted by Gasteiger charge is -2.22. The van der Waals surface area contributed by atoms with Crippen molar-refractivity contribution in [3.8, 4) is 79.0 Å². The highest BCUT2D eigenvalue weighted by atomic mass is 32.1. The molecule has 0 aliphatic carbocycles. The van der Waals surface area contributed by atoms with Crippen LogP contribution in [0.4, 0.5) is 0 Å². The van der Waals surface area contributed by atoms with Crippen molar-refractivity contribution >= 4 is 42.3 Å². The van der Waals surface area contributed by atoms with Crippen LogP contribution in [-0.4, -0.2) is 15.0 Å². The first-order valence-electron chi connectivity index (χ1n) is 18.0. The summed E-state index contributed by atoms with van der Waals surface area (Å²) in [5.41, 5.74) is 9.70. The molecule has 5 heteroatoms. The van der Waals surface area contributed by atoms with E-state index in [1.54, 1.807) is 11.3 Å². The molecule has 0 bridgehead atoms. The Morgan fingerprint density at radius 3 is 1.72 bits per heavy atom. The molecular formula is C49H29N3OS. The maximum atomic E-state index is 6.36. The maximum absolute atomic E-state index is 6.36. The third kappa shape index (κ3) is 5.09. The van der Waals surface area contributed by atoms with Gasteiger partial charge in [0.25, 0.3) is 0 Å². The number of thiophene rings is 1. The molecule has 8 aromatic carbocycles. The van der Waals surface area contributed by atoms with Crippen LogP contribution >= 0.6 is 11.3 Å². The number of fused-ring (bicyclic) bond motifs is 5. The zero-order valence-corrected chi connectivity index (χ0v) is 29.7. The third-order valence-electron chi connectivity index (χ3n) is 10.4. The van der Waals surface area contributed by atoms with Crippen LogP contribution in [0.1, 0.15) is 0 Å². The third-order valence-corrected chi connectivity index (χ3v) is 11.6. The molecule has 0 N–H and O–H groups in total. The van der Waals surface area contributed by atoms with E-state index in [1.807, 2.05) is 18.2 Å². The minimum absolute atomic E-state index is 0.633. The summed E-state index contributed by atoms with van der Waals surface area (Å²) in [6.07, 6.45) is 0. The Bertz CT molecular complexity index is 3060. The normalized spacial score (nSPS) is 11.9. The fourth-order valence-electron chi connectivity index (χ4n) is 7.68. The van der Waals surface area contributed by atoms with Gasteiger partial charge in [0.05, 0.1) is 0 Å². The summed E-state index contributed by atoms with van der Waals surface area (Å²) in [7, 11) is 0. The molecule has 252 valence electrons. The van der Waals surface area contributed by atoms with Crippen LogP contribution < -0.4 is 4.74 Å². The van der Waals surface area contributed by atoms with E-state index in [2.05, 4.69) is 158 Å². The second-order valence-corrected chi connectivity index (χ2v) is 14.6. The monoisotopic (exact) mass is 707 g/mol. The van der Waals surface area contributed by atoms with Crippen molar-refractivity contribution in [2.45, 2.75) is 0 Å². The lowest BCUT2D eigenvalue weighted by molar-refractivity contribution is 0.487. The van der Waals surface area contributed by atoms with E-state index in [9.17, 15) is 0 Å². The highest BCUT2D eigenvalue weighted by Crippen LogP contribution is 2.47. The minimum Gasteiger partial charge on any atom is -0.456 e. The molecule has 0 atom stereocenters. The molecule has 0 spiro atoms. The molecule has 1 aliphatic heterocycles. The highest BCUT2D eigenvalue weighted by molar-refractivity contribution is 7.26. The van der Waals surface area contributed by atoms with E-state index in [-0.39, 0.29) is 0 Å². The Balaban J connectivity index is 1.01. The van der Waals surface area contributed by atoms with Crippen LogP contribution in [0.15, 0.2) is 176 Å². The van der Waals surface area contributed by atoms with Gasteiger partial charge in [-0.05, 0) is 63.5 Å². The Hall–Kier alpha value is -6.95. The fourth-order valence-corrected chi connectivity index (χ4v) is 8.89. The number of aromatic nitrogens is 3. The smallest absolute Gasteiger partial charge is 0.165 e. The average Bonchev–Trinajstić information content (AvgIpc) is 3.63. The van der Waals surface area contributed by atoms with E-state index >= 15 is 0 Å². The SMILES string of the molecule is c1ccc(-c2ccc(-c3nc(-c4ccc(-c5ccc6c(c5)-c5cccc7cccc(c57)O6)cc4)nc(-c4cccc5c4sc4ccccc45)n3)cc2)cc1. The van der Waals surface area contributed by atoms with Crippen LogP contribution in [0.2, 0.25) is 0 Å². The molecule has 0 saturated heterocycles. The van der Waals surface area contributed by atoms with E-state index in [0.29, 0.717) is 17.5 Å². The summed E-state index contributed by atoms with van der Waals surface area (Å²) >= 11 is 1.78. The van der Waals surface area contributed by atoms with Gasteiger partial charge in [-0.1, -0.05) is 146 Å². The summed E-state index contributed by atoms with van der Waals surface area (Å²) in [5, 5.41) is 4.79. The van der Waals surface area contributed by atoms with Crippen LogP contribution in [0.5, 0.6) is 11.5 Å². The van der Waals surface area contributed by atoms with Gasteiger partial charge in [0.15, 0.2) is 17.5 Å². The molecule has 0 fully saturated rings. The number of hydrogen-bond donors (Lipinski definition) is 0. The first-order chi connectivity index (χ1) is 26.7. The van der Waals surface area contributed by atoms with Crippen molar-refractivity contribution in [1.82, 2.24) is 15.0 Å². The summed E-state index contributed by atoms with van der Waals surface area (Å²) in [4.78, 5) is 15.4. The van der Waals surface area contributed by atoms with Crippen LogP contribution in [0.3, 0.4) is 0 Å². The van der Waals surface area contributed by atoms with Crippen LogP contribution in [0, 0.1) is 0 Å². The maximum Gasteiger partial charge on any atom is 0.165 e. The number of ether oxygens (including phenoxy) is 1. The van der Waals surface area contributed by atoms with Crippen molar-refractivity contribution in [3.63, 3.8) is 0 Å². The summed E-state index contributed by atoms with van der Waals surface area (Å²) in [6.45, 7) is 0. The Morgan fingerprint density at radius 2 is 0.944 bits per heavy atom. The molecule has 3 heterocycles. The molecule has 4 nitrogen and oxygen atoms in total. The number of benzene rings is 8. The van der Waals surface area contributed by atoms with Gasteiger partial charge in [-0.3, -0.25) is 0 Å². The number of hydrogen-bond acceptors (Lipinski definition) is 5. The Labute approximate surface area is 315 Å². The molecule has 10 aromatic rings. The largest absolute Gasteiger partial charge is 0.456 e. The van der Waals surface area contributed by atoms with Gasteiger partial charge in [0.2, 0.25) is 0 Å². The van der Waals surface area contributed by atoms with Crippen LogP contribution in [0.25, 0.3) is 98.5 Å². The van der Waals surface area contributed by atoms with Crippen molar-refractivity contribution in [1.29, 1.82) is 0 Å². The number of nitrogens with zero attached hydrogens (tertiary/aromatic N) is 3. The second-order valence-electron chi connectivity index (χ2n) is 13.6. The van der Waals surface area contributed by atoms with E-state index < -0.39 is 0 Å². The second kappa shape index (κ2) is 12.3. The lowest BCUT2D eigenvalue weighted by atomic mass is 9.92. The van der Waals surface area contributed by atoms with Crippen molar-refractivity contribution in [3.05, 3.63) is 176 Å². The molecule has 2 aromatic heterocycles. The number of rotatable bonds is 5. The van der Waals surface area contributed by atoms with Gasteiger partial charge >= 0.3 is 0 Å². The standard InChI is InChI=1S/C49H29N3OS/c1-2-9-30(10-3-1)31-19-23-34(24-20-31)47-50-48(52-49(51-47)40-16-8-15-39-37-13-4-5-18-44(37)54-46(39)40)35-25-21-32(22-26-35)36-27-28-42-41(29-36)38-14-6-11-33-12-7-17-43(53-42)45(33)38/h1-29H. The predicted octanol–water partition coefficient (Wildman–Crippen LogP) is 13.5. The van der Waals surface area contributed by atoms with Gasteiger partial charge < -0.3 is 4.74 Å². The van der Waals surface area contributed by atoms with Gasteiger partial charge in [-0.2, -0.15) is 0 Å². The zero-order chi connectivity index (χ0) is 35.6. The Morgan fingerprint density at radius 1 is 0.370 bits per heavy atom. The molecule has 0 amide bonds. The predicted molar refractivity (Wildman–Crippen MR) is 223 cm³/mol. The Kier molecular flexibility index (Phi) is 7.00. The van der Waals surface area contributed by atoms with E-state index in [0.717, 1.165) is 55.8 Å². The van der Waals surface area contributed by atoms with Crippen molar-refractivity contribution in [2.75, 3.05) is 0 Å². The van der Waals surface area contributed by atoms with Crippen molar-refractivity contribution < 1.29 is 4.74 Å². The van der Waals surface area contributed by atoms with Gasteiger partial charge in [0.1, 0.15) is 11.5 Å². The average molecular weight is 708 g/mol. The summed E-state index contributed by atoms with van der Waals surface area (Å²) in [5.74, 6) is 3.71. The molecular weight excluding hydrogens is 679 g/mol. The van der Waals surface area contributed by atoms with Gasteiger partial charge in [-0.25, -0.2) is 15.0 Å². The lowest BCUT2D eigenvalue weighted by Crippen LogP contribution is -2.00. The first kappa shape index (κ1) is 30.7. The highest BCUT2D eigenvalue weighted by Gasteiger charge is 2.21. The minimum atomic E-state index is 0.633. The molecule has 11 rings (SSSR count). The molecule has 0 unspecified atom stereocenters. The topological polar surface area (TPSA) is 47.9 Å². The fraction of sp³-hybridized carbons (Fsp3) is 0. The summed E-state index contributed by atoms with van der Waals surface area (Å²) in [6, 6.07) is 61.5. The van der Waals surface area contributed by atoms with Gasteiger partial charge in [0, 0.05) is 47.8 Å². The van der Waals surface area contributed by atoms with Gasteiger partial charge in [-0.15, -0.1) is 11.3 Å². The molecule has 0 saturated carbocycles. The van der Waals surface area contributed by atoms with Crippen LogP contribution in [-0.2, 0) is 0 Å². The van der Waals surface area contributed by atoms with Crippen molar-refractivity contribution in [2.24, 2.45) is 0 Å². The first-order valence-corrected chi connectivity index (χ1v) is 18.8. The molecule has 54 heavy (non-hydrogen) atoms. The molecule has 1 aliphatic rings.